The van der Waals surface area contributed by atoms with Crippen molar-refractivity contribution in [2.24, 2.45) is 16.6 Å². The lowest BCUT2D eigenvalue weighted by Gasteiger charge is -2.30. The molecule has 1 saturated heterocycles. The van der Waals surface area contributed by atoms with Gasteiger partial charge in [0.25, 0.3) is 0 Å². The molecule has 7 heteroatoms. The number of hydrogen-bond acceptors (Lipinski definition) is 4. The molecule has 1 aromatic rings. The van der Waals surface area contributed by atoms with Crippen LogP contribution >= 0.6 is 0 Å². The van der Waals surface area contributed by atoms with Crippen LogP contribution in [0, 0.1) is 5.92 Å². The van der Waals surface area contributed by atoms with E-state index >= 15 is 0 Å². The van der Waals surface area contributed by atoms with Crippen LogP contribution in [-0.2, 0) is 11.3 Å². The van der Waals surface area contributed by atoms with Gasteiger partial charge in [0.15, 0.2) is 5.96 Å². The molecule has 7 nitrogen and oxygen atoms in total. The minimum absolute atomic E-state index is 0.0712. The average molecular weight is 376 g/mol. The molecule has 4 N–H and O–H groups in total. The van der Waals surface area contributed by atoms with Crippen molar-refractivity contribution in [2.75, 3.05) is 40.3 Å². The molecular weight excluding hydrogens is 342 g/mol. The van der Waals surface area contributed by atoms with Gasteiger partial charge in [-0.2, -0.15) is 0 Å². The number of nitrogens with two attached hydrogens (primary N) is 1. The fourth-order valence-electron chi connectivity index (χ4n) is 3.30. The van der Waals surface area contributed by atoms with Crippen LogP contribution in [0.1, 0.15) is 31.2 Å². The number of piperidine rings is 1. The minimum atomic E-state index is -0.147. The summed E-state index contributed by atoms with van der Waals surface area (Å²) < 4.78 is 5.25. The summed E-state index contributed by atoms with van der Waals surface area (Å²) in [6, 6.07) is 8.00. The molecular formula is C20H33N5O2. The lowest BCUT2D eigenvalue weighted by Crippen LogP contribution is -2.39. The van der Waals surface area contributed by atoms with Crippen molar-refractivity contribution in [1.29, 1.82) is 0 Å². The normalized spacial score (nSPS) is 16.1. The number of ether oxygens (including phenoxy) is 1. The lowest BCUT2D eigenvalue weighted by atomic mass is 9.96. The van der Waals surface area contributed by atoms with Crippen molar-refractivity contribution in [3.63, 3.8) is 0 Å². The van der Waals surface area contributed by atoms with Crippen LogP contribution in [-0.4, -0.2) is 57.1 Å². The van der Waals surface area contributed by atoms with Gasteiger partial charge in [-0.1, -0.05) is 12.1 Å². The smallest absolute Gasteiger partial charge is 0.220 e. The van der Waals surface area contributed by atoms with Gasteiger partial charge in [0.05, 0.1) is 7.11 Å². The summed E-state index contributed by atoms with van der Waals surface area (Å²) in [7, 11) is 3.46. The summed E-state index contributed by atoms with van der Waals surface area (Å²) >= 11 is 0. The van der Waals surface area contributed by atoms with Crippen LogP contribution in [0.3, 0.4) is 0 Å². The van der Waals surface area contributed by atoms with Crippen LogP contribution < -0.4 is 21.1 Å². The standard InChI is InChI=1S/C20H33N5O2/c1-22-20(24-15-16-6-5-7-18(14-16)27-2)23-10-3-4-11-25-12-8-17(9-13-25)19(21)26/h5-7,14,17H,3-4,8-13,15H2,1-2H3,(H2,21,26)(H2,22,23,24). The molecule has 0 saturated carbocycles. The van der Waals surface area contributed by atoms with Crippen molar-refractivity contribution in [1.82, 2.24) is 15.5 Å². The zero-order chi connectivity index (χ0) is 19.5. The van der Waals surface area contributed by atoms with Crippen LogP contribution in [0.25, 0.3) is 0 Å². The molecule has 0 spiro atoms. The SMILES string of the molecule is CN=C(NCCCCN1CCC(C(N)=O)CC1)NCc1cccc(OC)c1. The van der Waals surface area contributed by atoms with E-state index in [9.17, 15) is 4.79 Å². The predicted molar refractivity (Wildman–Crippen MR) is 109 cm³/mol. The van der Waals surface area contributed by atoms with Crippen LogP contribution in [0.4, 0.5) is 0 Å². The molecule has 1 aliphatic rings. The van der Waals surface area contributed by atoms with E-state index in [1.807, 2.05) is 18.2 Å². The third-order valence-electron chi connectivity index (χ3n) is 5.00. The Hall–Kier alpha value is -2.28. The number of carbonyl (C=O) groups excluding carboxylic acids is 1. The average Bonchev–Trinajstić information content (AvgIpc) is 2.70. The highest BCUT2D eigenvalue weighted by Gasteiger charge is 2.22. The quantitative estimate of drug-likeness (QED) is 0.344. The number of likely N-dealkylation sites (tertiary alicyclic amines) is 1. The maximum absolute atomic E-state index is 11.2. The summed E-state index contributed by atoms with van der Waals surface area (Å²) in [5.74, 6) is 1.59. The number of nitrogens with one attached hydrogen (secondary N) is 2. The summed E-state index contributed by atoms with van der Waals surface area (Å²) in [4.78, 5) is 17.9. The number of unbranched alkanes of at least 4 members (excludes halogenated alkanes) is 1. The molecule has 1 amide bonds. The molecule has 1 aliphatic heterocycles. The monoisotopic (exact) mass is 375 g/mol. The van der Waals surface area contributed by atoms with Gasteiger partial charge in [-0.15, -0.1) is 0 Å². The van der Waals surface area contributed by atoms with Crippen LogP contribution in [0.2, 0.25) is 0 Å². The van der Waals surface area contributed by atoms with Crippen molar-refractivity contribution in [2.45, 2.75) is 32.2 Å². The summed E-state index contributed by atoms with van der Waals surface area (Å²) in [6.45, 7) is 4.61. The Kier molecular flexibility index (Phi) is 8.91. The third-order valence-corrected chi connectivity index (χ3v) is 5.00. The maximum atomic E-state index is 11.2. The fraction of sp³-hybridized carbons (Fsp3) is 0.600. The van der Waals surface area contributed by atoms with Gasteiger partial charge in [0, 0.05) is 26.1 Å². The Morgan fingerprint density at radius 2 is 2.07 bits per heavy atom. The van der Waals surface area contributed by atoms with Crippen LogP contribution in [0.15, 0.2) is 29.3 Å². The molecule has 0 atom stereocenters. The molecule has 27 heavy (non-hydrogen) atoms. The van der Waals surface area contributed by atoms with E-state index in [1.54, 1.807) is 14.2 Å². The first-order chi connectivity index (χ1) is 13.1. The van der Waals surface area contributed by atoms with E-state index in [-0.39, 0.29) is 11.8 Å². The van der Waals surface area contributed by atoms with E-state index in [1.165, 1.54) is 0 Å². The fourth-order valence-corrected chi connectivity index (χ4v) is 3.30. The second kappa shape index (κ2) is 11.4. The minimum Gasteiger partial charge on any atom is -0.497 e. The Balaban J connectivity index is 1.58. The first kappa shape index (κ1) is 21.0. The summed E-state index contributed by atoms with van der Waals surface area (Å²) in [5, 5.41) is 6.68. The largest absolute Gasteiger partial charge is 0.497 e. The first-order valence-corrected chi connectivity index (χ1v) is 9.71. The number of hydrogen-bond donors (Lipinski definition) is 3. The number of methoxy groups -OCH3 is 1. The molecule has 0 radical (unpaired) electrons. The molecule has 0 bridgehead atoms. The number of rotatable bonds is 9. The highest BCUT2D eigenvalue weighted by atomic mass is 16.5. The molecule has 2 rings (SSSR count). The second-order valence-electron chi connectivity index (χ2n) is 6.93. The van der Waals surface area contributed by atoms with Crippen molar-refractivity contribution in [3.8, 4) is 5.75 Å². The van der Waals surface area contributed by atoms with E-state index in [2.05, 4.69) is 26.6 Å². The van der Waals surface area contributed by atoms with Gasteiger partial charge < -0.3 is 26.0 Å². The molecule has 1 aromatic carbocycles. The van der Waals surface area contributed by atoms with Gasteiger partial charge in [0.2, 0.25) is 5.91 Å². The van der Waals surface area contributed by atoms with Crippen LogP contribution in [0.5, 0.6) is 5.75 Å². The lowest BCUT2D eigenvalue weighted by molar-refractivity contribution is -0.123. The highest BCUT2D eigenvalue weighted by molar-refractivity contribution is 5.79. The topological polar surface area (TPSA) is 92.0 Å². The van der Waals surface area contributed by atoms with Gasteiger partial charge in [-0.3, -0.25) is 9.79 Å². The highest BCUT2D eigenvalue weighted by Crippen LogP contribution is 2.16. The summed E-state index contributed by atoms with van der Waals surface area (Å²) in [6.07, 6.45) is 4.00. The van der Waals surface area contributed by atoms with E-state index in [0.29, 0.717) is 6.54 Å². The number of guanidine groups is 1. The Bertz CT molecular complexity index is 612. The summed E-state index contributed by atoms with van der Waals surface area (Å²) in [5.41, 5.74) is 6.53. The molecule has 0 aromatic heterocycles. The number of benzene rings is 1. The number of primary amides is 1. The zero-order valence-electron chi connectivity index (χ0n) is 16.5. The molecule has 150 valence electrons. The third kappa shape index (κ3) is 7.46. The van der Waals surface area contributed by atoms with Gasteiger partial charge in [0.1, 0.15) is 5.75 Å². The first-order valence-electron chi connectivity index (χ1n) is 9.71. The number of nitrogens with zero attached hydrogens (tertiary/aromatic N) is 2. The van der Waals surface area contributed by atoms with Gasteiger partial charge in [-0.25, -0.2) is 0 Å². The van der Waals surface area contributed by atoms with Crippen molar-refractivity contribution >= 4 is 11.9 Å². The van der Waals surface area contributed by atoms with Gasteiger partial charge >= 0.3 is 0 Å². The molecule has 1 fully saturated rings. The Morgan fingerprint density at radius 1 is 1.30 bits per heavy atom. The van der Waals surface area contributed by atoms with E-state index in [4.69, 9.17) is 10.5 Å². The Labute approximate surface area is 162 Å². The Morgan fingerprint density at radius 3 is 2.74 bits per heavy atom. The molecule has 0 unspecified atom stereocenters. The van der Waals surface area contributed by atoms with E-state index < -0.39 is 0 Å². The molecule has 1 heterocycles. The maximum Gasteiger partial charge on any atom is 0.220 e. The van der Waals surface area contributed by atoms with Gasteiger partial charge in [-0.05, 0) is 63.0 Å². The number of carbonyl (C=O) groups is 1. The predicted octanol–water partition coefficient (Wildman–Crippen LogP) is 1.34. The van der Waals surface area contributed by atoms with Crippen molar-refractivity contribution in [3.05, 3.63) is 29.8 Å². The van der Waals surface area contributed by atoms with Crippen molar-refractivity contribution < 1.29 is 9.53 Å². The number of amides is 1. The zero-order valence-corrected chi connectivity index (χ0v) is 16.5. The number of aliphatic imine (C=N–C) groups is 1. The molecule has 0 aliphatic carbocycles. The van der Waals surface area contributed by atoms with E-state index in [0.717, 1.165) is 69.1 Å². The second-order valence-corrected chi connectivity index (χ2v) is 6.93.